The molecular formula is C14H29NO2. The van der Waals surface area contributed by atoms with Crippen molar-refractivity contribution in [2.24, 2.45) is 5.92 Å². The van der Waals surface area contributed by atoms with E-state index in [1.807, 2.05) is 6.92 Å². The average Bonchev–Trinajstić information content (AvgIpc) is 2.35. The predicted octanol–water partition coefficient (Wildman–Crippen LogP) is 2.33. The Morgan fingerprint density at radius 2 is 1.94 bits per heavy atom. The maximum atomic E-state index is 10.7. The second-order valence-corrected chi connectivity index (χ2v) is 6.76. The number of nitrogens with one attached hydrogen (secondary N) is 1. The summed E-state index contributed by atoms with van der Waals surface area (Å²) >= 11 is 0. The second kappa shape index (κ2) is 4.87. The van der Waals surface area contributed by atoms with E-state index in [2.05, 4.69) is 39.9 Å². The van der Waals surface area contributed by atoms with Crippen LogP contribution in [0.3, 0.4) is 0 Å². The maximum Gasteiger partial charge on any atom is 0.0799 e. The van der Waals surface area contributed by atoms with Gasteiger partial charge in [-0.25, -0.2) is 0 Å². The molecule has 0 aromatic rings. The van der Waals surface area contributed by atoms with Gasteiger partial charge in [-0.15, -0.1) is 0 Å². The van der Waals surface area contributed by atoms with Gasteiger partial charge in [-0.2, -0.15) is 0 Å². The summed E-state index contributed by atoms with van der Waals surface area (Å²) in [5, 5.41) is 14.0. The molecule has 1 saturated heterocycles. The zero-order valence-electron chi connectivity index (χ0n) is 12.3. The van der Waals surface area contributed by atoms with E-state index >= 15 is 0 Å². The largest absolute Gasteiger partial charge is 0.388 e. The van der Waals surface area contributed by atoms with Crippen LogP contribution in [0.25, 0.3) is 0 Å². The molecule has 0 radical (unpaired) electrons. The van der Waals surface area contributed by atoms with Crippen LogP contribution in [-0.4, -0.2) is 35.0 Å². The topological polar surface area (TPSA) is 41.5 Å². The fourth-order valence-corrected chi connectivity index (χ4v) is 3.17. The standard InChI is InChI=1S/C14H29NO2/c1-7-8-15-10-14(6,16)11-9-12(2,3)17-13(11,4)5/h11,15-16H,7-10H2,1-6H3. The van der Waals surface area contributed by atoms with Crippen molar-refractivity contribution in [1.82, 2.24) is 5.32 Å². The van der Waals surface area contributed by atoms with E-state index in [9.17, 15) is 5.11 Å². The summed E-state index contributed by atoms with van der Waals surface area (Å²) in [6.07, 6.45) is 1.99. The molecule has 3 heteroatoms. The lowest BCUT2D eigenvalue weighted by atomic mass is 9.75. The Labute approximate surface area is 106 Å². The molecule has 1 heterocycles. The quantitative estimate of drug-likeness (QED) is 0.728. The first-order chi connectivity index (χ1) is 7.61. The van der Waals surface area contributed by atoms with Gasteiger partial charge < -0.3 is 15.2 Å². The highest BCUT2D eigenvalue weighted by Crippen LogP contribution is 2.46. The van der Waals surface area contributed by atoms with Gasteiger partial charge in [-0.1, -0.05) is 6.92 Å². The molecule has 0 amide bonds. The molecule has 1 fully saturated rings. The normalized spacial score (nSPS) is 30.2. The minimum atomic E-state index is -0.716. The minimum absolute atomic E-state index is 0.136. The van der Waals surface area contributed by atoms with Crippen LogP contribution >= 0.6 is 0 Å². The molecule has 0 bridgehead atoms. The summed E-state index contributed by atoms with van der Waals surface area (Å²) in [4.78, 5) is 0. The van der Waals surface area contributed by atoms with Crippen LogP contribution < -0.4 is 5.32 Å². The molecule has 3 nitrogen and oxygen atoms in total. The molecule has 0 aromatic carbocycles. The minimum Gasteiger partial charge on any atom is -0.388 e. The van der Waals surface area contributed by atoms with Crippen molar-refractivity contribution >= 4 is 0 Å². The van der Waals surface area contributed by atoms with E-state index in [0.29, 0.717) is 6.54 Å². The Bertz CT molecular complexity index is 259. The SMILES string of the molecule is CCCNCC(C)(O)C1CC(C)(C)OC1(C)C. The Kier molecular flexibility index (Phi) is 4.28. The third kappa shape index (κ3) is 3.67. The Morgan fingerprint density at radius 3 is 2.35 bits per heavy atom. The number of rotatable bonds is 5. The predicted molar refractivity (Wildman–Crippen MR) is 71.1 cm³/mol. The van der Waals surface area contributed by atoms with Gasteiger partial charge >= 0.3 is 0 Å². The second-order valence-electron chi connectivity index (χ2n) is 6.76. The first-order valence-corrected chi connectivity index (χ1v) is 6.74. The summed E-state index contributed by atoms with van der Waals surface area (Å²) in [5.41, 5.74) is -1.11. The van der Waals surface area contributed by atoms with Crippen molar-refractivity contribution < 1.29 is 9.84 Å². The van der Waals surface area contributed by atoms with Gasteiger partial charge in [0.25, 0.3) is 0 Å². The molecule has 2 N–H and O–H groups in total. The van der Waals surface area contributed by atoms with Gasteiger partial charge in [-0.3, -0.25) is 0 Å². The molecule has 0 saturated carbocycles. The third-order valence-electron chi connectivity index (χ3n) is 3.73. The molecule has 0 aliphatic carbocycles. The van der Waals surface area contributed by atoms with Gasteiger partial charge in [-0.05, 0) is 54.0 Å². The van der Waals surface area contributed by atoms with Crippen molar-refractivity contribution in [1.29, 1.82) is 0 Å². The van der Waals surface area contributed by atoms with Crippen molar-refractivity contribution in [2.45, 2.75) is 71.2 Å². The summed E-state index contributed by atoms with van der Waals surface area (Å²) in [6.45, 7) is 14.0. The van der Waals surface area contributed by atoms with Crippen LogP contribution in [0.5, 0.6) is 0 Å². The first kappa shape index (κ1) is 14.9. The van der Waals surface area contributed by atoms with E-state index in [-0.39, 0.29) is 17.1 Å². The van der Waals surface area contributed by atoms with Gasteiger partial charge in [0.05, 0.1) is 16.8 Å². The van der Waals surface area contributed by atoms with E-state index < -0.39 is 5.60 Å². The van der Waals surface area contributed by atoms with Crippen LogP contribution in [0, 0.1) is 5.92 Å². The van der Waals surface area contributed by atoms with Crippen molar-refractivity contribution in [2.75, 3.05) is 13.1 Å². The van der Waals surface area contributed by atoms with Crippen LogP contribution in [0.2, 0.25) is 0 Å². The van der Waals surface area contributed by atoms with Crippen LogP contribution in [0.15, 0.2) is 0 Å². The van der Waals surface area contributed by atoms with Crippen molar-refractivity contribution in [3.05, 3.63) is 0 Å². The highest BCUT2D eigenvalue weighted by atomic mass is 16.5. The van der Waals surface area contributed by atoms with E-state index in [1.165, 1.54) is 0 Å². The number of hydrogen-bond donors (Lipinski definition) is 2. The maximum absolute atomic E-state index is 10.7. The van der Waals surface area contributed by atoms with Crippen molar-refractivity contribution in [3.63, 3.8) is 0 Å². The lowest BCUT2D eigenvalue weighted by Crippen LogP contribution is -2.50. The molecule has 0 aromatic heterocycles. The molecule has 102 valence electrons. The molecular weight excluding hydrogens is 214 g/mol. The molecule has 0 spiro atoms. The van der Waals surface area contributed by atoms with Crippen molar-refractivity contribution in [3.8, 4) is 0 Å². The van der Waals surface area contributed by atoms with Gasteiger partial charge in [0.15, 0.2) is 0 Å². The monoisotopic (exact) mass is 243 g/mol. The fraction of sp³-hybridized carbons (Fsp3) is 1.00. The van der Waals surface area contributed by atoms with E-state index in [0.717, 1.165) is 19.4 Å². The van der Waals surface area contributed by atoms with E-state index in [4.69, 9.17) is 4.74 Å². The Balaban J connectivity index is 2.70. The molecule has 2 unspecified atom stereocenters. The van der Waals surface area contributed by atoms with Crippen LogP contribution in [-0.2, 0) is 4.74 Å². The summed E-state index contributed by atoms with van der Waals surface area (Å²) in [5.74, 6) is 0.161. The Morgan fingerprint density at radius 1 is 1.35 bits per heavy atom. The molecule has 17 heavy (non-hydrogen) atoms. The smallest absolute Gasteiger partial charge is 0.0799 e. The fourth-order valence-electron chi connectivity index (χ4n) is 3.17. The number of aliphatic hydroxyl groups is 1. The van der Waals surface area contributed by atoms with Gasteiger partial charge in [0, 0.05) is 12.5 Å². The zero-order chi connectivity index (χ0) is 13.3. The third-order valence-corrected chi connectivity index (χ3v) is 3.73. The van der Waals surface area contributed by atoms with Gasteiger partial charge in [0.1, 0.15) is 0 Å². The summed E-state index contributed by atoms with van der Waals surface area (Å²) < 4.78 is 6.05. The average molecular weight is 243 g/mol. The number of hydrogen-bond acceptors (Lipinski definition) is 3. The molecule has 2 atom stereocenters. The van der Waals surface area contributed by atoms with E-state index in [1.54, 1.807) is 0 Å². The highest BCUT2D eigenvalue weighted by molar-refractivity contribution is 5.02. The Hall–Kier alpha value is -0.120. The molecule has 1 rings (SSSR count). The van der Waals surface area contributed by atoms with Crippen LogP contribution in [0.4, 0.5) is 0 Å². The lowest BCUT2D eigenvalue weighted by molar-refractivity contribution is -0.107. The number of ether oxygens (including phenoxy) is 1. The van der Waals surface area contributed by atoms with Crippen LogP contribution in [0.1, 0.15) is 54.4 Å². The summed E-state index contributed by atoms with van der Waals surface area (Å²) in [7, 11) is 0. The lowest BCUT2D eigenvalue weighted by Gasteiger charge is -2.37. The summed E-state index contributed by atoms with van der Waals surface area (Å²) in [6, 6.07) is 0. The zero-order valence-corrected chi connectivity index (χ0v) is 12.3. The molecule has 1 aliphatic heterocycles. The van der Waals surface area contributed by atoms with Gasteiger partial charge in [0.2, 0.25) is 0 Å². The first-order valence-electron chi connectivity index (χ1n) is 6.74. The highest BCUT2D eigenvalue weighted by Gasteiger charge is 2.52. The molecule has 1 aliphatic rings.